The molecule has 5 aromatic heterocycles. The summed E-state index contributed by atoms with van der Waals surface area (Å²) in [6.45, 7) is 0. The molecule has 0 aliphatic carbocycles. The van der Waals surface area contributed by atoms with Crippen molar-refractivity contribution >= 4 is 138 Å². The van der Waals surface area contributed by atoms with Gasteiger partial charge in [-0.1, -0.05) is 60.7 Å². The SMILES string of the molecule is c1ccc(-n2c3ccccc3c3ccc4c(c5ccccc5n4-c4cc5sc6ccc7sc8ccc9sc4c4c5c6c7c8c94)c32)cc1. The minimum atomic E-state index is 1.19. The molecule has 0 aliphatic heterocycles. The van der Waals surface area contributed by atoms with Crippen LogP contribution in [-0.2, 0) is 0 Å². The van der Waals surface area contributed by atoms with E-state index in [1.807, 2.05) is 34.0 Å². The monoisotopic (exact) mass is 648 g/mol. The van der Waals surface area contributed by atoms with Crippen LogP contribution in [0.4, 0.5) is 0 Å². The normalized spacial score (nSPS) is 13.1. The van der Waals surface area contributed by atoms with Crippen LogP contribution in [-0.4, -0.2) is 9.13 Å². The number of para-hydroxylation sites is 3. The molecule has 0 saturated heterocycles. The predicted molar refractivity (Wildman–Crippen MR) is 207 cm³/mol. The van der Waals surface area contributed by atoms with Crippen molar-refractivity contribution in [2.24, 2.45) is 0 Å². The second kappa shape index (κ2) is 8.01. The molecule has 0 bridgehead atoms. The van der Waals surface area contributed by atoms with Crippen LogP contribution in [0.25, 0.3) is 116 Å². The molecule has 0 amide bonds. The molecule has 0 saturated carbocycles. The van der Waals surface area contributed by atoms with Crippen LogP contribution in [0.5, 0.6) is 0 Å². The number of hydrogen-bond donors (Lipinski definition) is 0. The number of benzene rings is 8. The fourth-order valence-electron chi connectivity index (χ4n) is 8.89. The average Bonchev–Trinajstić information content (AvgIpc) is 3.91. The molecular formula is C42H20N2S3. The van der Waals surface area contributed by atoms with Gasteiger partial charge in [-0.05, 0) is 60.7 Å². The Hall–Kier alpha value is -5.20. The van der Waals surface area contributed by atoms with Gasteiger partial charge >= 0.3 is 0 Å². The van der Waals surface area contributed by atoms with Gasteiger partial charge in [0.1, 0.15) is 0 Å². The summed E-state index contributed by atoms with van der Waals surface area (Å²) in [5.74, 6) is 0. The van der Waals surface area contributed by atoms with Crippen LogP contribution in [0.1, 0.15) is 0 Å². The van der Waals surface area contributed by atoms with Gasteiger partial charge in [-0.25, -0.2) is 0 Å². The third kappa shape index (κ3) is 2.67. The van der Waals surface area contributed by atoms with Gasteiger partial charge in [0, 0.05) is 83.0 Å². The summed E-state index contributed by atoms with van der Waals surface area (Å²) < 4.78 is 13.4. The third-order valence-corrected chi connectivity index (χ3v) is 14.0. The van der Waals surface area contributed by atoms with E-state index in [4.69, 9.17) is 0 Å². The highest BCUT2D eigenvalue weighted by molar-refractivity contribution is 7.30. The summed E-state index contributed by atoms with van der Waals surface area (Å²) in [6, 6.07) is 45.4. The first-order chi connectivity index (χ1) is 23.3. The van der Waals surface area contributed by atoms with E-state index in [1.165, 1.54) is 116 Å². The Balaban J connectivity index is 1.27. The van der Waals surface area contributed by atoms with Crippen LogP contribution >= 0.6 is 34.0 Å². The van der Waals surface area contributed by atoms with E-state index in [0.29, 0.717) is 0 Å². The van der Waals surface area contributed by atoms with Gasteiger partial charge in [0.15, 0.2) is 0 Å². The van der Waals surface area contributed by atoms with Crippen LogP contribution < -0.4 is 0 Å². The van der Waals surface area contributed by atoms with Gasteiger partial charge in [-0.2, -0.15) is 0 Å². The van der Waals surface area contributed by atoms with Gasteiger partial charge in [0.05, 0.1) is 32.5 Å². The van der Waals surface area contributed by atoms with E-state index >= 15 is 0 Å². The van der Waals surface area contributed by atoms with Gasteiger partial charge in [0.25, 0.3) is 0 Å². The first kappa shape index (κ1) is 24.0. The van der Waals surface area contributed by atoms with Crippen molar-refractivity contribution in [2.45, 2.75) is 0 Å². The molecule has 13 rings (SSSR count). The zero-order valence-electron chi connectivity index (χ0n) is 24.7. The lowest BCUT2D eigenvalue weighted by Crippen LogP contribution is -1.95. The lowest BCUT2D eigenvalue weighted by Gasteiger charge is -2.13. The topological polar surface area (TPSA) is 9.86 Å². The van der Waals surface area contributed by atoms with Crippen LogP contribution in [0.15, 0.2) is 121 Å². The molecule has 5 heterocycles. The van der Waals surface area contributed by atoms with E-state index in [1.54, 1.807) is 0 Å². The molecular weight excluding hydrogens is 629 g/mol. The molecule has 5 heteroatoms. The van der Waals surface area contributed by atoms with Crippen molar-refractivity contribution in [1.29, 1.82) is 0 Å². The highest BCUT2D eigenvalue weighted by Crippen LogP contribution is 2.57. The summed E-state index contributed by atoms with van der Waals surface area (Å²) in [5.41, 5.74) is 7.48. The second-order valence-corrected chi connectivity index (χ2v) is 16.0. The molecule has 0 unspecified atom stereocenters. The van der Waals surface area contributed by atoms with Gasteiger partial charge in [-0.15, -0.1) is 34.0 Å². The predicted octanol–water partition coefficient (Wildman–Crippen LogP) is 13.3. The summed E-state index contributed by atoms with van der Waals surface area (Å²) >= 11 is 5.87. The summed E-state index contributed by atoms with van der Waals surface area (Å²) in [7, 11) is 0. The van der Waals surface area contributed by atoms with Crippen molar-refractivity contribution in [2.75, 3.05) is 0 Å². The number of thiophene rings is 3. The molecule has 13 aromatic rings. The molecule has 0 radical (unpaired) electrons. The molecule has 8 aromatic carbocycles. The fraction of sp³-hybridized carbons (Fsp3) is 0. The maximum Gasteiger partial charge on any atom is 0.0655 e. The number of fused-ring (bicyclic) bond motifs is 7. The van der Waals surface area contributed by atoms with Crippen molar-refractivity contribution < 1.29 is 0 Å². The highest BCUT2D eigenvalue weighted by atomic mass is 32.1. The minimum absolute atomic E-state index is 1.19. The minimum Gasteiger partial charge on any atom is -0.309 e. The first-order valence-corrected chi connectivity index (χ1v) is 18.4. The first-order valence-electron chi connectivity index (χ1n) is 15.9. The highest BCUT2D eigenvalue weighted by Gasteiger charge is 2.28. The fourth-order valence-corrected chi connectivity index (χ4v) is 12.4. The van der Waals surface area contributed by atoms with Gasteiger partial charge in [0.2, 0.25) is 0 Å². The zero-order valence-corrected chi connectivity index (χ0v) is 27.1. The maximum atomic E-state index is 2.57. The Bertz CT molecular complexity index is 3380. The van der Waals surface area contributed by atoms with E-state index < -0.39 is 0 Å². The number of aromatic nitrogens is 2. The molecule has 216 valence electrons. The third-order valence-electron chi connectivity index (χ3n) is 10.6. The Labute approximate surface area is 278 Å². The maximum absolute atomic E-state index is 2.57. The van der Waals surface area contributed by atoms with E-state index in [9.17, 15) is 0 Å². The van der Waals surface area contributed by atoms with Crippen LogP contribution in [0.3, 0.4) is 0 Å². The zero-order chi connectivity index (χ0) is 30.1. The molecule has 0 fully saturated rings. The van der Waals surface area contributed by atoms with Crippen LogP contribution in [0, 0.1) is 0 Å². The Morgan fingerprint density at radius 1 is 0.362 bits per heavy atom. The molecule has 0 N–H and O–H groups in total. The summed E-state index contributed by atoms with van der Waals surface area (Å²) in [4.78, 5) is 0. The standard InChI is InChI=1S/C42H20N2S3/c1-2-8-21(9-3-1)43-25-12-6-4-10-22(25)23-14-15-27-34(41(23)43)24-11-5-7-13-26(24)44(27)28-20-33-39-37-31(46-33)17-16-29-35(37)36-30(45-29)18-19-32-38(36)40(39)42(28)47-32/h1-20H. The summed E-state index contributed by atoms with van der Waals surface area (Å²) in [5, 5.41) is 14.0. The Morgan fingerprint density at radius 2 is 0.936 bits per heavy atom. The van der Waals surface area contributed by atoms with Crippen molar-refractivity contribution in [3.8, 4) is 11.4 Å². The van der Waals surface area contributed by atoms with Crippen molar-refractivity contribution in [3.05, 3.63) is 121 Å². The van der Waals surface area contributed by atoms with Crippen LogP contribution in [0.2, 0.25) is 0 Å². The van der Waals surface area contributed by atoms with E-state index in [-0.39, 0.29) is 0 Å². The molecule has 47 heavy (non-hydrogen) atoms. The molecule has 0 aliphatic rings. The van der Waals surface area contributed by atoms with Gasteiger partial charge in [-0.3, -0.25) is 0 Å². The lowest BCUT2D eigenvalue weighted by atomic mass is 9.94. The lowest BCUT2D eigenvalue weighted by molar-refractivity contribution is 1.18. The van der Waals surface area contributed by atoms with E-state index in [2.05, 4.69) is 130 Å². The number of hydrogen-bond acceptors (Lipinski definition) is 3. The molecule has 0 spiro atoms. The smallest absolute Gasteiger partial charge is 0.0655 e. The Morgan fingerprint density at radius 3 is 1.68 bits per heavy atom. The average molecular weight is 649 g/mol. The largest absolute Gasteiger partial charge is 0.309 e. The Kier molecular flexibility index (Phi) is 4.10. The molecule has 2 nitrogen and oxygen atoms in total. The van der Waals surface area contributed by atoms with Crippen molar-refractivity contribution in [1.82, 2.24) is 9.13 Å². The number of rotatable bonds is 2. The summed E-state index contributed by atoms with van der Waals surface area (Å²) in [6.07, 6.45) is 0. The number of nitrogens with zero attached hydrogens (tertiary/aromatic N) is 2. The van der Waals surface area contributed by atoms with Crippen molar-refractivity contribution in [3.63, 3.8) is 0 Å². The van der Waals surface area contributed by atoms with Gasteiger partial charge < -0.3 is 9.13 Å². The molecule has 0 atom stereocenters. The van der Waals surface area contributed by atoms with E-state index in [0.717, 1.165) is 0 Å². The second-order valence-electron chi connectivity index (χ2n) is 12.8. The quantitative estimate of drug-likeness (QED) is 0.165.